The van der Waals surface area contributed by atoms with Gasteiger partial charge in [-0.05, 0) is 52.9 Å². The molecule has 0 saturated heterocycles. The quantitative estimate of drug-likeness (QED) is 0.246. The number of rotatable bonds is 9. The number of hydrogen-bond acceptors (Lipinski definition) is 2. The van der Waals surface area contributed by atoms with Crippen molar-refractivity contribution in [2.45, 2.75) is 51.4 Å². The van der Waals surface area contributed by atoms with E-state index in [0.29, 0.717) is 6.54 Å². The van der Waals surface area contributed by atoms with Crippen LogP contribution in [-0.2, 0) is 0 Å². The van der Waals surface area contributed by atoms with Gasteiger partial charge in [0.2, 0.25) is 0 Å². The Bertz CT molecular complexity index is 1250. The molecule has 35 heavy (non-hydrogen) atoms. The number of amides is 2. The average Bonchev–Trinajstić information content (AvgIpc) is 2.90. The molecule has 0 aliphatic carbocycles. The lowest BCUT2D eigenvalue weighted by atomic mass is 9.80. The molecule has 5 rings (SSSR count). The highest BCUT2D eigenvalue weighted by atomic mass is 16.5. The molecule has 0 unspecified atom stereocenters. The molecule has 1 aliphatic rings. The monoisotopic (exact) mass is 466 g/mol. The molecule has 4 aromatic rings. The van der Waals surface area contributed by atoms with Crippen molar-refractivity contribution in [2.75, 3.05) is 13.1 Å². The molecule has 2 N–H and O–H groups in total. The Balaban J connectivity index is 1.37. The minimum absolute atomic E-state index is 0.0647. The zero-order valence-electron chi connectivity index (χ0n) is 20.5. The number of carbonyl (C=O) groups is 1. The summed E-state index contributed by atoms with van der Waals surface area (Å²) in [6.07, 6.45) is 6.45. The fraction of sp³-hybridized carbons (Fsp3) is 0.323. The van der Waals surface area contributed by atoms with Gasteiger partial charge in [0, 0.05) is 30.1 Å². The Morgan fingerprint density at radius 1 is 0.714 bits per heavy atom. The van der Waals surface area contributed by atoms with Crippen molar-refractivity contribution in [3.8, 4) is 11.5 Å². The number of fused-ring (bicyclic) bond motifs is 6. The molecular weight excluding hydrogens is 432 g/mol. The molecule has 0 fully saturated rings. The third-order valence-electron chi connectivity index (χ3n) is 7.05. The molecule has 4 nitrogen and oxygen atoms in total. The van der Waals surface area contributed by atoms with Crippen molar-refractivity contribution in [3.63, 3.8) is 0 Å². The van der Waals surface area contributed by atoms with Gasteiger partial charge < -0.3 is 15.4 Å². The van der Waals surface area contributed by atoms with Crippen molar-refractivity contribution < 1.29 is 9.53 Å². The predicted molar refractivity (Wildman–Crippen MR) is 145 cm³/mol. The maximum atomic E-state index is 12.2. The fourth-order valence-corrected chi connectivity index (χ4v) is 5.32. The second kappa shape index (κ2) is 10.8. The zero-order valence-corrected chi connectivity index (χ0v) is 20.5. The van der Waals surface area contributed by atoms with Crippen LogP contribution < -0.4 is 15.4 Å². The second-order valence-electron chi connectivity index (χ2n) is 9.44. The number of benzene rings is 4. The highest BCUT2D eigenvalue weighted by Gasteiger charge is 2.30. The van der Waals surface area contributed by atoms with Crippen LogP contribution in [0.5, 0.6) is 11.5 Å². The van der Waals surface area contributed by atoms with Crippen molar-refractivity contribution in [2.24, 2.45) is 0 Å². The van der Waals surface area contributed by atoms with Gasteiger partial charge in [0.25, 0.3) is 0 Å². The first-order valence-corrected chi connectivity index (χ1v) is 13.0. The molecule has 0 saturated carbocycles. The van der Waals surface area contributed by atoms with E-state index in [1.165, 1.54) is 51.9 Å². The van der Waals surface area contributed by atoms with Gasteiger partial charge in [-0.2, -0.15) is 0 Å². The Morgan fingerprint density at radius 2 is 1.29 bits per heavy atom. The molecule has 0 radical (unpaired) electrons. The summed E-state index contributed by atoms with van der Waals surface area (Å²) in [5.41, 5.74) is 2.51. The molecule has 1 aliphatic heterocycles. The summed E-state index contributed by atoms with van der Waals surface area (Å²) < 4.78 is 6.46. The van der Waals surface area contributed by atoms with Crippen LogP contribution in [0.4, 0.5) is 4.79 Å². The van der Waals surface area contributed by atoms with E-state index >= 15 is 0 Å². The zero-order chi connectivity index (χ0) is 24.0. The van der Waals surface area contributed by atoms with Crippen molar-refractivity contribution >= 4 is 27.6 Å². The van der Waals surface area contributed by atoms with Gasteiger partial charge in [0.05, 0.1) is 0 Å². The summed E-state index contributed by atoms with van der Waals surface area (Å²) in [7, 11) is 0. The summed E-state index contributed by atoms with van der Waals surface area (Å²) in [5.74, 6) is 2.08. The van der Waals surface area contributed by atoms with Crippen molar-refractivity contribution in [1.82, 2.24) is 10.6 Å². The standard InChI is InChI=1S/C31H34N2O2/c1-2-3-4-9-20-32-31(34)33-21-10-15-26-29-24-13-7-5-11-22(24)16-18-27(29)35-28-19-17-23-12-6-8-14-25(23)30(26)28/h5-8,11-14,16-19,26H,2-4,9-10,15,20-21H2,1H3,(H2,32,33,34). The molecule has 0 spiro atoms. The van der Waals surface area contributed by atoms with Crippen LogP contribution in [0.1, 0.15) is 62.5 Å². The molecule has 2 amide bonds. The van der Waals surface area contributed by atoms with E-state index in [-0.39, 0.29) is 11.9 Å². The number of carbonyl (C=O) groups excluding carboxylic acids is 1. The Kier molecular flexibility index (Phi) is 7.17. The van der Waals surface area contributed by atoms with Gasteiger partial charge in [-0.15, -0.1) is 0 Å². The molecule has 4 heteroatoms. The minimum Gasteiger partial charge on any atom is -0.457 e. The van der Waals surface area contributed by atoms with E-state index in [4.69, 9.17) is 4.74 Å². The van der Waals surface area contributed by atoms with Gasteiger partial charge in [-0.25, -0.2) is 4.79 Å². The lowest BCUT2D eigenvalue weighted by Crippen LogP contribution is -2.36. The smallest absolute Gasteiger partial charge is 0.314 e. The molecule has 0 aromatic heterocycles. The van der Waals surface area contributed by atoms with E-state index in [1.807, 2.05) is 0 Å². The van der Waals surface area contributed by atoms with Crippen molar-refractivity contribution in [3.05, 3.63) is 83.9 Å². The third-order valence-corrected chi connectivity index (χ3v) is 7.05. The number of urea groups is 1. The number of ether oxygens (including phenoxy) is 1. The van der Waals surface area contributed by atoms with Crippen LogP contribution in [0, 0.1) is 0 Å². The lowest BCUT2D eigenvalue weighted by molar-refractivity contribution is 0.240. The minimum atomic E-state index is -0.0647. The number of unbranched alkanes of at least 4 members (excludes halogenated alkanes) is 3. The van der Waals surface area contributed by atoms with Gasteiger partial charge >= 0.3 is 6.03 Å². The Labute approximate surface area is 207 Å². The molecule has 1 heterocycles. The van der Waals surface area contributed by atoms with E-state index in [9.17, 15) is 4.79 Å². The highest BCUT2D eigenvalue weighted by Crippen LogP contribution is 2.51. The molecule has 4 aromatic carbocycles. The maximum Gasteiger partial charge on any atom is 0.314 e. The highest BCUT2D eigenvalue weighted by molar-refractivity contribution is 5.94. The average molecular weight is 467 g/mol. The second-order valence-corrected chi connectivity index (χ2v) is 9.44. The molecule has 180 valence electrons. The van der Waals surface area contributed by atoms with E-state index < -0.39 is 0 Å². The van der Waals surface area contributed by atoms with Crippen LogP contribution in [0.3, 0.4) is 0 Å². The normalized spacial score (nSPS) is 12.7. The largest absolute Gasteiger partial charge is 0.457 e. The van der Waals surface area contributed by atoms with Crippen LogP contribution in [0.2, 0.25) is 0 Å². The summed E-state index contributed by atoms with van der Waals surface area (Å²) in [6, 6.07) is 25.5. The first-order valence-electron chi connectivity index (χ1n) is 13.0. The topological polar surface area (TPSA) is 50.4 Å². The lowest BCUT2D eigenvalue weighted by Gasteiger charge is -2.31. The van der Waals surface area contributed by atoms with E-state index in [2.05, 4.69) is 90.4 Å². The fourth-order valence-electron chi connectivity index (χ4n) is 5.32. The maximum absolute atomic E-state index is 12.2. The first-order chi connectivity index (χ1) is 17.3. The molecular formula is C31H34N2O2. The molecule has 0 bridgehead atoms. The third kappa shape index (κ3) is 4.97. The molecule has 0 atom stereocenters. The number of nitrogens with one attached hydrogen (secondary N) is 2. The summed E-state index contributed by atoms with van der Waals surface area (Å²) in [6.45, 7) is 3.59. The summed E-state index contributed by atoms with van der Waals surface area (Å²) in [5, 5.41) is 11.0. The number of hydrogen-bond donors (Lipinski definition) is 2. The van der Waals surface area contributed by atoms with E-state index in [0.717, 1.165) is 37.3 Å². The van der Waals surface area contributed by atoms with Gasteiger partial charge in [-0.1, -0.05) is 86.8 Å². The van der Waals surface area contributed by atoms with Gasteiger partial charge in [-0.3, -0.25) is 0 Å². The van der Waals surface area contributed by atoms with Gasteiger partial charge in [0.1, 0.15) is 11.5 Å². The predicted octanol–water partition coefficient (Wildman–Crippen LogP) is 7.89. The summed E-state index contributed by atoms with van der Waals surface area (Å²) in [4.78, 5) is 12.2. The Hall–Kier alpha value is -3.53. The first kappa shape index (κ1) is 23.2. The van der Waals surface area contributed by atoms with E-state index in [1.54, 1.807) is 0 Å². The van der Waals surface area contributed by atoms with Crippen LogP contribution in [0.15, 0.2) is 72.8 Å². The summed E-state index contributed by atoms with van der Waals surface area (Å²) >= 11 is 0. The van der Waals surface area contributed by atoms with Crippen LogP contribution in [0.25, 0.3) is 21.5 Å². The Morgan fingerprint density at radius 3 is 1.89 bits per heavy atom. The van der Waals surface area contributed by atoms with Crippen molar-refractivity contribution in [1.29, 1.82) is 0 Å². The SMILES string of the molecule is CCCCCCNC(=O)NCCCC1c2c(ccc3ccccc23)Oc2ccc3ccccc3c21. The van der Waals surface area contributed by atoms with Crippen LogP contribution in [-0.4, -0.2) is 19.1 Å². The van der Waals surface area contributed by atoms with Gasteiger partial charge in [0.15, 0.2) is 0 Å². The van der Waals surface area contributed by atoms with Crippen LogP contribution >= 0.6 is 0 Å².